The summed E-state index contributed by atoms with van der Waals surface area (Å²) in [4.78, 5) is 0.504. The van der Waals surface area contributed by atoms with Gasteiger partial charge in [0.05, 0.1) is 17.7 Å². The molecule has 94 valence electrons. The van der Waals surface area contributed by atoms with Crippen molar-refractivity contribution in [3.63, 3.8) is 0 Å². The van der Waals surface area contributed by atoms with E-state index in [1.807, 2.05) is 38.1 Å². The van der Waals surface area contributed by atoms with E-state index in [-0.39, 0.29) is 6.10 Å². The molecule has 0 aliphatic heterocycles. The molecule has 1 aromatic carbocycles. The van der Waals surface area contributed by atoms with Gasteiger partial charge in [-0.25, -0.2) is 0 Å². The smallest absolute Gasteiger partial charge is 0.119 e. The van der Waals surface area contributed by atoms with E-state index in [1.165, 1.54) is 0 Å². The van der Waals surface area contributed by atoms with Crippen molar-refractivity contribution in [2.75, 3.05) is 13.2 Å². The summed E-state index contributed by atoms with van der Waals surface area (Å²) in [6.45, 7) is 5.17. The highest BCUT2D eigenvalue weighted by atomic mass is 32.1. The second-order valence-corrected chi connectivity index (χ2v) is 4.58. The van der Waals surface area contributed by atoms with Gasteiger partial charge in [0, 0.05) is 6.42 Å². The summed E-state index contributed by atoms with van der Waals surface area (Å²) in [7, 11) is 0. The Kier molecular flexibility index (Phi) is 5.94. The third kappa shape index (κ3) is 6.24. The zero-order valence-electron chi connectivity index (χ0n) is 10.3. The molecule has 0 heterocycles. The normalized spacial score (nSPS) is 10.5. The highest BCUT2D eigenvalue weighted by Crippen LogP contribution is 2.12. The summed E-state index contributed by atoms with van der Waals surface area (Å²) in [5.74, 6) is 0.837. The summed E-state index contributed by atoms with van der Waals surface area (Å²) in [5.41, 5.74) is 6.57. The quantitative estimate of drug-likeness (QED) is 0.598. The van der Waals surface area contributed by atoms with Gasteiger partial charge in [0.1, 0.15) is 12.4 Å². The van der Waals surface area contributed by atoms with Crippen LogP contribution >= 0.6 is 12.2 Å². The van der Waals surface area contributed by atoms with Gasteiger partial charge in [-0.3, -0.25) is 0 Å². The van der Waals surface area contributed by atoms with Crippen LogP contribution < -0.4 is 10.5 Å². The van der Waals surface area contributed by atoms with E-state index in [9.17, 15) is 0 Å². The molecular weight excluding hydrogens is 234 g/mol. The Morgan fingerprint density at radius 1 is 1.24 bits per heavy atom. The Morgan fingerprint density at radius 2 is 1.88 bits per heavy atom. The van der Waals surface area contributed by atoms with Crippen molar-refractivity contribution in [3.8, 4) is 5.75 Å². The zero-order chi connectivity index (χ0) is 12.7. The molecule has 3 nitrogen and oxygen atoms in total. The third-order valence-corrected chi connectivity index (χ3v) is 2.25. The predicted molar refractivity (Wildman–Crippen MR) is 73.5 cm³/mol. The number of thiocarbonyl (C=S) groups is 1. The van der Waals surface area contributed by atoms with Crippen LogP contribution in [0, 0.1) is 0 Å². The van der Waals surface area contributed by atoms with Crippen molar-refractivity contribution in [1.29, 1.82) is 0 Å². The van der Waals surface area contributed by atoms with Gasteiger partial charge in [-0.1, -0.05) is 24.4 Å². The van der Waals surface area contributed by atoms with Crippen molar-refractivity contribution in [3.05, 3.63) is 29.8 Å². The van der Waals surface area contributed by atoms with Crippen molar-refractivity contribution < 1.29 is 9.47 Å². The highest BCUT2D eigenvalue weighted by Gasteiger charge is 1.98. The lowest BCUT2D eigenvalue weighted by atomic mass is 10.1. The van der Waals surface area contributed by atoms with Crippen molar-refractivity contribution in [1.82, 2.24) is 0 Å². The summed E-state index contributed by atoms with van der Waals surface area (Å²) < 4.78 is 10.9. The molecule has 0 bridgehead atoms. The van der Waals surface area contributed by atoms with E-state index in [0.29, 0.717) is 24.6 Å². The molecule has 0 fully saturated rings. The molecular formula is C13H19NO2S. The first kappa shape index (κ1) is 13.9. The maximum atomic E-state index is 5.53. The maximum absolute atomic E-state index is 5.53. The lowest BCUT2D eigenvalue weighted by Crippen LogP contribution is -2.12. The fourth-order valence-electron chi connectivity index (χ4n) is 1.35. The first-order chi connectivity index (χ1) is 8.08. The van der Waals surface area contributed by atoms with Crippen LogP contribution in [0.3, 0.4) is 0 Å². The molecule has 0 amide bonds. The van der Waals surface area contributed by atoms with Gasteiger partial charge in [0.25, 0.3) is 0 Å². The molecule has 0 radical (unpaired) electrons. The minimum Gasteiger partial charge on any atom is -0.491 e. The van der Waals surface area contributed by atoms with Gasteiger partial charge in [0.15, 0.2) is 0 Å². The first-order valence-corrected chi connectivity index (χ1v) is 6.10. The van der Waals surface area contributed by atoms with E-state index in [1.54, 1.807) is 0 Å². The summed E-state index contributed by atoms with van der Waals surface area (Å²) in [6.07, 6.45) is 0.873. The number of nitrogens with two attached hydrogens (primary N) is 1. The van der Waals surface area contributed by atoms with Gasteiger partial charge in [0.2, 0.25) is 0 Å². The standard InChI is InChI=1S/C13H19NO2S/c1-10(2)15-7-8-16-12-5-3-11(4-6-12)9-13(14)17/h3-6,10H,7-9H2,1-2H3,(H2,14,17). The molecule has 0 atom stereocenters. The zero-order valence-corrected chi connectivity index (χ0v) is 11.1. The predicted octanol–water partition coefficient (Wildman–Crippen LogP) is 2.32. The lowest BCUT2D eigenvalue weighted by molar-refractivity contribution is 0.0552. The van der Waals surface area contributed by atoms with Crippen LogP contribution in [0.2, 0.25) is 0 Å². The maximum Gasteiger partial charge on any atom is 0.119 e. The van der Waals surface area contributed by atoms with Crippen LogP contribution in [-0.4, -0.2) is 24.3 Å². The van der Waals surface area contributed by atoms with Crippen LogP contribution in [0.25, 0.3) is 0 Å². The topological polar surface area (TPSA) is 44.5 Å². The molecule has 2 N–H and O–H groups in total. The second-order valence-electron chi connectivity index (χ2n) is 4.06. The van der Waals surface area contributed by atoms with E-state index in [0.717, 1.165) is 11.3 Å². The molecule has 1 rings (SSSR count). The van der Waals surface area contributed by atoms with Crippen LogP contribution in [0.4, 0.5) is 0 Å². The van der Waals surface area contributed by atoms with Crippen LogP contribution in [-0.2, 0) is 11.2 Å². The fraction of sp³-hybridized carbons (Fsp3) is 0.462. The first-order valence-electron chi connectivity index (χ1n) is 5.69. The monoisotopic (exact) mass is 253 g/mol. The Balaban J connectivity index is 2.32. The summed E-state index contributed by atoms with van der Waals surface area (Å²) in [5, 5.41) is 0. The van der Waals surface area contributed by atoms with Gasteiger partial charge in [-0.15, -0.1) is 0 Å². The van der Waals surface area contributed by atoms with E-state index < -0.39 is 0 Å². The van der Waals surface area contributed by atoms with E-state index in [4.69, 9.17) is 27.4 Å². The summed E-state index contributed by atoms with van der Waals surface area (Å²) >= 11 is 4.85. The Hall–Kier alpha value is -1.13. The molecule has 0 aliphatic carbocycles. The van der Waals surface area contributed by atoms with Crippen molar-refractivity contribution in [2.45, 2.75) is 26.4 Å². The fourth-order valence-corrected chi connectivity index (χ4v) is 1.51. The van der Waals surface area contributed by atoms with Gasteiger partial charge >= 0.3 is 0 Å². The van der Waals surface area contributed by atoms with Crippen LogP contribution in [0.5, 0.6) is 5.75 Å². The molecule has 0 aliphatic rings. The minimum atomic E-state index is 0.242. The number of ether oxygens (including phenoxy) is 2. The minimum absolute atomic E-state index is 0.242. The lowest BCUT2D eigenvalue weighted by Gasteiger charge is -2.09. The number of hydrogen-bond donors (Lipinski definition) is 1. The molecule has 17 heavy (non-hydrogen) atoms. The van der Waals surface area contributed by atoms with Gasteiger partial charge in [-0.05, 0) is 31.5 Å². The molecule has 4 heteroatoms. The highest BCUT2D eigenvalue weighted by molar-refractivity contribution is 7.80. The Morgan fingerprint density at radius 3 is 2.41 bits per heavy atom. The van der Waals surface area contributed by atoms with E-state index >= 15 is 0 Å². The average Bonchev–Trinajstić information content (AvgIpc) is 2.25. The molecule has 0 aromatic heterocycles. The number of rotatable bonds is 7. The Labute approximate surface area is 108 Å². The largest absolute Gasteiger partial charge is 0.491 e. The van der Waals surface area contributed by atoms with Gasteiger partial charge in [-0.2, -0.15) is 0 Å². The van der Waals surface area contributed by atoms with Crippen LogP contribution in [0.15, 0.2) is 24.3 Å². The molecule has 0 saturated carbocycles. The van der Waals surface area contributed by atoms with Gasteiger partial charge < -0.3 is 15.2 Å². The molecule has 1 aromatic rings. The number of hydrogen-bond acceptors (Lipinski definition) is 3. The SMILES string of the molecule is CC(C)OCCOc1ccc(CC(N)=S)cc1. The van der Waals surface area contributed by atoms with Crippen molar-refractivity contribution in [2.24, 2.45) is 5.73 Å². The summed E-state index contributed by atoms with van der Waals surface area (Å²) in [6, 6.07) is 7.78. The second kappa shape index (κ2) is 7.25. The number of benzene rings is 1. The molecule has 0 unspecified atom stereocenters. The molecule has 0 saturated heterocycles. The van der Waals surface area contributed by atoms with E-state index in [2.05, 4.69) is 0 Å². The average molecular weight is 253 g/mol. The Bertz CT molecular complexity index is 349. The van der Waals surface area contributed by atoms with Crippen LogP contribution in [0.1, 0.15) is 19.4 Å². The molecule has 0 spiro atoms. The third-order valence-electron chi connectivity index (χ3n) is 2.10. The van der Waals surface area contributed by atoms with Crippen molar-refractivity contribution >= 4 is 17.2 Å².